The first-order valence-corrected chi connectivity index (χ1v) is 9.29. The van der Waals surface area contributed by atoms with Crippen LogP contribution in [0, 0.1) is 0 Å². The van der Waals surface area contributed by atoms with E-state index in [2.05, 4.69) is 5.32 Å². The summed E-state index contributed by atoms with van der Waals surface area (Å²) in [5, 5.41) is 42.1. The number of hydrogen-bond acceptors (Lipinski definition) is 7. The molecule has 156 valence electrons. The number of aliphatic hydroxyl groups excluding tert-OH is 4. The van der Waals surface area contributed by atoms with Crippen molar-refractivity contribution in [1.29, 1.82) is 0 Å². The molecule has 2 aromatic carbocycles. The maximum absolute atomic E-state index is 11.6. The van der Waals surface area contributed by atoms with Crippen LogP contribution in [0.4, 0.5) is 0 Å². The zero-order chi connectivity index (χ0) is 21.0. The summed E-state index contributed by atoms with van der Waals surface area (Å²) in [5.41, 5.74) is 1.93. The average Bonchev–Trinajstić information content (AvgIpc) is 2.76. The van der Waals surface area contributed by atoms with Crippen molar-refractivity contribution in [2.24, 2.45) is 0 Å². The van der Waals surface area contributed by atoms with E-state index in [4.69, 9.17) is 9.47 Å². The highest BCUT2D eigenvalue weighted by Gasteiger charge is 2.43. The number of rotatable bonds is 6. The summed E-state index contributed by atoms with van der Waals surface area (Å²) >= 11 is 0. The monoisotopic (exact) mass is 403 g/mol. The molecule has 3 rings (SSSR count). The number of amides is 1. The van der Waals surface area contributed by atoms with Gasteiger partial charge in [-0.15, -0.1) is 0 Å². The summed E-state index contributed by atoms with van der Waals surface area (Å²) in [7, 11) is 1.56. The third kappa shape index (κ3) is 4.75. The Hall–Kier alpha value is -2.49. The molecule has 0 spiro atoms. The molecule has 8 heteroatoms. The minimum atomic E-state index is -1.43. The number of carbonyl (C=O) groups is 1. The van der Waals surface area contributed by atoms with Crippen molar-refractivity contribution in [3.63, 3.8) is 0 Å². The predicted octanol–water partition coefficient (Wildman–Crippen LogP) is 0.140. The molecule has 0 bridgehead atoms. The van der Waals surface area contributed by atoms with Crippen LogP contribution in [0.3, 0.4) is 0 Å². The van der Waals surface area contributed by atoms with Gasteiger partial charge in [0.15, 0.2) is 0 Å². The molecule has 5 N–H and O–H groups in total. The van der Waals surface area contributed by atoms with Crippen LogP contribution in [0.2, 0.25) is 0 Å². The van der Waals surface area contributed by atoms with E-state index in [9.17, 15) is 25.2 Å². The van der Waals surface area contributed by atoms with Crippen LogP contribution in [0.25, 0.3) is 0 Å². The van der Waals surface area contributed by atoms with Gasteiger partial charge < -0.3 is 35.2 Å². The molecule has 0 radical (unpaired) electrons. The van der Waals surface area contributed by atoms with Crippen LogP contribution in [-0.4, -0.2) is 64.4 Å². The van der Waals surface area contributed by atoms with Crippen LogP contribution in [0.5, 0.6) is 5.75 Å². The van der Waals surface area contributed by atoms with Crippen LogP contribution in [0.15, 0.2) is 48.5 Å². The molecule has 1 aliphatic heterocycles. The van der Waals surface area contributed by atoms with Crippen LogP contribution in [-0.2, 0) is 11.3 Å². The average molecular weight is 403 g/mol. The first-order valence-electron chi connectivity index (χ1n) is 9.29. The molecule has 0 aromatic heterocycles. The Morgan fingerprint density at radius 2 is 1.79 bits per heavy atom. The minimum Gasteiger partial charge on any atom is -0.489 e. The summed E-state index contributed by atoms with van der Waals surface area (Å²) < 4.78 is 11.3. The summed E-state index contributed by atoms with van der Waals surface area (Å²) in [6.45, 7) is -0.235. The molecule has 1 fully saturated rings. The largest absolute Gasteiger partial charge is 0.489 e. The molecule has 1 saturated heterocycles. The van der Waals surface area contributed by atoms with Gasteiger partial charge in [0.1, 0.15) is 42.9 Å². The SMILES string of the molecule is CNC(=O)c1ccc(OCc2cccc([C@H]3O[C@H](CO)[C@@H](O)[C@H](O)[C@H]3O)c2)cc1. The zero-order valence-electron chi connectivity index (χ0n) is 15.9. The minimum absolute atomic E-state index is 0.177. The summed E-state index contributed by atoms with van der Waals surface area (Å²) in [4.78, 5) is 11.6. The Morgan fingerprint density at radius 1 is 1.07 bits per heavy atom. The van der Waals surface area contributed by atoms with E-state index in [-0.39, 0.29) is 12.5 Å². The Kier molecular flexibility index (Phi) is 6.83. The molecule has 5 atom stereocenters. The van der Waals surface area contributed by atoms with E-state index in [1.807, 2.05) is 6.07 Å². The number of hydrogen-bond donors (Lipinski definition) is 5. The number of nitrogens with one attached hydrogen (secondary N) is 1. The van der Waals surface area contributed by atoms with Crippen LogP contribution >= 0.6 is 0 Å². The van der Waals surface area contributed by atoms with E-state index >= 15 is 0 Å². The third-order valence-corrected chi connectivity index (χ3v) is 4.92. The normalized spacial score (nSPS) is 26.7. The third-order valence-electron chi connectivity index (χ3n) is 4.92. The topological polar surface area (TPSA) is 128 Å². The smallest absolute Gasteiger partial charge is 0.251 e. The van der Waals surface area contributed by atoms with E-state index in [1.54, 1.807) is 49.5 Å². The number of carbonyl (C=O) groups excluding carboxylic acids is 1. The summed E-state index contributed by atoms with van der Waals surface area (Å²) in [6.07, 6.45) is -6.00. The van der Waals surface area contributed by atoms with Crippen molar-refractivity contribution in [2.45, 2.75) is 37.1 Å². The second-order valence-electron chi connectivity index (χ2n) is 6.89. The van der Waals surface area contributed by atoms with Gasteiger partial charge >= 0.3 is 0 Å². The van der Waals surface area contributed by atoms with E-state index < -0.39 is 37.1 Å². The molecular weight excluding hydrogens is 378 g/mol. The molecule has 0 aliphatic carbocycles. The highest BCUT2D eigenvalue weighted by molar-refractivity contribution is 5.94. The first kappa shape index (κ1) is 21.2. The Balaban J connectivity index is 1.68. The second-order valence-corrected chi connectivity index (χ2v) is 6.89. The van der Waals surface area contributed by atoms with Crippen molar-refractivity contribution in [2.75, 3.05) is 13.7 Å². The van der Waals surface area contributed by atoms with Gasteiger partial charge in [0.2, 0.25) is 0 Å². The van der Waals surface area contributed by atoms with Crippen molar-refractivity contribution in [3.05, 3.63) is 65.2 Å². The van der Waals surface area contributed by atoms with Crippen LogP contribution < -0.4 is 10.1 Å². The van der Waals surface area contributed by atoms with E-state index in [1.165, 1.54) is 0 Å². The van der Waals surface area contributed by atoms with E-state index in [0.717, 1.165) is 5.56 Å². The second kappa shape index (κ2) is 9.34. The van der Waals surface area contributed by atoms with Gasteiger partial charge in [0.25, 0.3) is 5.91 Å². The zero-order valence-corrected chi connectivity index (χ0v) is 15.9. The van der Waals surface area contributed by atoms with Gasteiger partial charge in [-0.05, 0) is 41.5 Å². The lowest BCUT2D eigenvalue weighted by Crippen LogP contribution is -2.55. The lowest BCUT2D eigenvalue weighted by molar-refractivity contribution is -0.231. The van der Waals surface area contributed by atoms with Gasteiger partial charge in [-0.3, -0.25) is 4.79 Å². The van der Waals surface area contributed by atoms with Crippen molar-refractivity contribution >= 4 is 5.91 Å². The van der Waals surface area contributed by atoms with Crippen molar-refractivity contribution < 1.29 is 34.7 Å². The molecule has 0 saturated carbocycles. The number of ether oxygens (including phenoxy) is 2. The highest BCUT2D eigenvalue weighted by atomic mass is 16.5. The summed E-state index contributed by atoms with van der Waals surface area (Å²) in [5.74, 6) is 0.416. The quantitative estimate of drug-likeness (QED) is 0.464. The first-order chi connectivity index (χ1) is 13.9. The van der Waals surface area contributed by atoms with Gasteiger partial charge in [-0.2, -0.15) is 0 Å². The van der Waals surface area contributed by atoms with Gasteiger partial charge in [0.05, 0.1) is 6.61 Å². The lowest BCUT2D eigenvalue weighted by atomic mass is 9.91. The fourth-order valence-electron chi connectivity index (χ4n) is 3.25. The fraction of sp³-hybridized carbons (Fsp3) is 0.381. The predicted molar refractivity (Wildman–Crippen MR) is 103 cm³/mol. The highest BCUT2D eigenvalue weighted by Crippen LogP contribution is 2.32. The van der Waals surface area contributed by atoms with Gasteiger partial charge in [-0.1, -0.05) is 18.2 Å². The molecule has 1 amide bonds. The molecule has 8 nitrogen and oxygen atoms in total. The molecule has 0 unspecified atom stereocenters. The molecule has 1 aliphatic rings. The van der Waals surface area contributed by atoms with Crippen molar-refractivity contribution in [1.82, 2.24) is 5.32 Å². The van der Waals surface area contributed by atoms with Crippen LogP contribution in [0.1, 0.15) is 27.6 Å². The Morgan fingerprint density at radius 3 is 2.45 bits per heavy atom. The standard InChI is InChI=1S/C21H25NO7/c1-22-21(27)13-5-7-15(8-6-13)28-11-12-3-2-4-14(9-12)20-19(26)18(25)17(24)16(10-23)29-20/h2-9,16-20,23-26H,10-11H2,1H3,(H,22,27)/t16-,17-,18+,19-,20-/m1/s1. The molecular formula is C21H25NO7. The fourth-order valence-corrected chi connectivity index (χ4v) is 3.25. The molecule has 29 heavy (non-hydrogen) atoms. The maximum atomic E-state index is 11.6. The van der Waals surface area contributed by atoms with Gasteiger partial charge in [-0.25, -0.2) is 0 Å². The van der Waals surface area contributed by atoms with Gasteiger partial charge in [0, 0.05) is 12.6 Å². The van der Waals surface area contributed by atoms with E-state index in [0.29, 0.717) is 16.9 Å². The Labute approximate surface area is 168 Å². The Bertz CT molecular complexity index is 824. The molecule has 2 aromatic rings. The summed E-state index contributed by atoms with van der Waals surface area (Å²) in [6, 6.07) is 13.8. The maximum Gasteiger partial charge on any atom is 0.251 e. The molecule has 1 heterocycles. The lowest BCUT2D eigenvalue weighted by Gasteiger charge is -2.40. The number of aliphatic hydroxyl groups is 4. The number of benzene rings is 2. The van der Waals surface area contributed by atoms with Crippen molar-refractivity contribution in [3.8, 4) is 5.75 Å².